The Labute approximate surface area is 136 Å². The lowest BCUT2D eigenvalue weighted by molar-refractivity contribution is 0.0910. The van der Waals surface area contributed by atoms with E-state index in [0.29, 0.717) is 5.02 Å². The van der Waals surface area contributed by atoms with E-state index in [0.717, 1.165) is 35.5 Å². The summed E-state index contributed by atoms with van der Waals surface area (Å²) >= 11 is 6.09. The van der Waals surface area contributed by atoms with Gasteiger partial charge in [0.05, 0.1) is 12.2 Å². The van der Waals surface area contributed by atoms with Crippen LogP contribution in [0.4, 0.5) is 5.69 Å². The normalized spacial score (nSPS) is 10.8. The minimum absolute atomic E-state index is 0.0673. The van der Waals surface area contributed by atoms with Gasteiger partial charge < -0.3 is 5.32 Å². The molecule has 1 heterocycles. The minimum Gasteiger partial charge on any atom is -0.376 e. The van der Waals surface area contributed by atoms with Gasteiger partial charge in [-0.15, -0.1) is 0 Å². The fourth-order valence-electron chi connectivity index (χ4n) is 2.57. The largest absolute Gasteiger partial charge is 0.376 e. The maximum absolute atomic E-state index is 12.4. The third-order valence-electron chi connectivity index (χ3n) is 3.88. The van der Waals surface area contributed by atoms with Gasteiger partial charge in [-0.05, 0) is 50.5 Å². The van der Waals surface area contributed by atoms with Gasteiger partial charge in [-0.3, -0.25) is 4.79 Å². The van der Waals surface area contributed by atoms with Gasteiger partial charge in [0.15, 0.2) is 0 Å². The SMILES string of the molecule is CCCc1c(C)nn(C(=O)CNc2cccc(Cl)c2C)c1C. The number of nitrogens with one attached hydrogen (secondary N) is 1. The van der Waals surface area contributed by atoms with Crippen LogP contribution in [0.25, 0.3) is 0 Å². The summed E-state index contributed by atoms with van der Waals surface area (Å²) in [5, 5.41) is 8.22. The first kappa shape index (κ1) is 16.6. The Hall–Kier alpha value is -1.81. The van der Waals surface area contributed by atoms with E-state index < -0.39 is 0 Å². The van der Waals surface area contributed by atoms with Crippen LogP contribution in [-0.4, -0.2) is 22.2 Å². The number of hydrogen-bond donors (Lipinski definition) is 1. The summed E-state index contributed by atoms with van der Waals surface area (Å²) < 4.78 is 1.51. The molecule has 4 nitrogen and oxygen atoms in total. The smallest absolute Gasteiger partial charge is 0.266 e. The maximum Gasteiger partial charge on any atom is 0.266 e. The topological polar surface area (TPSA) is 46.9 Å². The van der Waals surface area contributed by atoms with Gasteiger partial charge in [-0.25, -0.2) is 4.68 Å². The average Bonchev–Trinajstić information content (AvgIpc) is 2.77. The number of benzene rings is 1. The van der Waals surface area contributed by atoms with E-state index in [9.17, 15) is 4.79 Å². The van der Waals surface area contributed by atoms with Crippen LogP contribution in [0.3, 0.4) is 0 Å². The second kappa shape index (κ2) is 6.97. The summed E-state index contributed by atoms with van der Waals surface area (Å²) in [6.45, 7) is 8.15. The number of carbonyl (C=O) groups excluding carboxylic acids is 1. The molecule has 5 heteroatoms. The quantitative estimate of drug-likeness (QED) is 0.899. The Balaban J connectivity index is 2.13. The highest BCUT2D eigenvalue weighted by Gasteiger charge is 2.16. The molecule has 0 atom stereocenters. The van der Waals surface area contributed by atoms with Crippen molar-refractivity contribution in [3.8, 4) is 0 Å². The summed E-state index contributed by atoms with van der Waals surface area (Å²) in [5.74, 6) is -0.0673. The van der Waals surface area contributed by atoms with E-state index >= 15 is 0 Å². The lowest BCUT2D eigenvalue weighted by Crippen LogP contribution is -2.23. The summed E-state index contributed by atoms with van der Waals surface area (Å²) in [4.78, 5) is 12.4. The first-order valence-corrected chi connectivity index (χ1v) is 7.90. The van der Waals surface area contributed by atoms with Crippen molar-refractivity contribution in [2.24, 2.45) is 0 Å². The van der Waals surface area contributed by atoms with E-state index in [1.807, 2.05) is 39.0 Å². The third-order valence-corrected chi connectivity index (χ3v) is 4.28. The Morgan fingerprint density at radius 3 is 2.73 bits per heavy atom. The molecule has 1 aromatic carbocycles. The van der Waals surface area contributed by atoms with Crippen molar-refractivity contribution in [3.05, 3.63) is 45.7 Å². The van der Waals surface area contributed by atoms with Crippen LogP contribution in [0, 0.1) is 20.8 Å². The van der Waals surface area contributed by atoms with Gasteiger partial charge in [-0.1, -0.05) is 31.0 Å². The second-order valence-corrected chi connectivity index (χ2v) is 5.88. The molecule has 0 saturated carbocycles. The zero-order chi connectivity index (χ0) is 16.3. The van der Waals surface area contributed by atoms with Crippen molar-refractivity contribution < 1.29 is 4.79 Å². The summed E-state index contributed by atoms with van der Waals surface area (Å²) in [7, 11) is 0. The van der Waals surface area contributed by atoms with Crippen molar-refractivity contribution in [3.63, 3.8) is 0 Å². The molecule has 2 rings (SSSR count). The van der Waals surface area contributed by atoms with Gasteiger partial charge in [0, 0.05) is 16.4 Å². The number of anilines is 1. The molecular weight excluding hydrogens is 298 g/mol. The van der Waals surface area contributed by atoms with E-state index in [-0.39, 0.29) is 12.5 Å². The number of aromatic nitrogens is 2. The lowest BCUT2D eigenvalue weighted by Gasteiger charge is -2.10. The van der Waals surface area contributed by atoms with Gasteiger partial charge in [-0.2, -0.15) is 5.10 Å². The highest BCUT2D eigenvalue weighted by atomic mass is 35.5. The molecule has 0 aliphatic heterocycles. The number of rotatable bonds is 5. The molecule has 2 aromatic rings. The minimum atomic E-state index is -0.0673. The molecule has 0 spiro atoms. The Bertz CT molecular complexity index is 691. The lowest BCUT2D eigenvalue weighted by atomic mass is 10.1. The van der Waals surface area contributed by atoms with E-state index in [1.165, 1.54) is 10.2 Å². The fourth-order valence-corrected chi connectivity index (χ4v) is 2.75. The average molecular weight is 320 g/mol. The Morgan fingerprint density at radius 2 is 2.05 bits per heavy atom. The molecule has 0 bridgehead atoms. The van der Waals surface area contributed by atoms with Crippen LogP contribution in [0.2, 0.25) is 5.02 Å². The highest BCUT2D eigenvalue weighted by molar-refractivity contribution is 6.31. The Kier molecular flexibility index (Phi) is 5.24. The molecule has 0 amide bonds. The summed E-state index contributed by atoms with van der Waals surface area (Å²) in [6, 6.07) is 5.62. The number of nitrogens with zero attached hydrogens (tertiary/aromatic N) is 2. The van der Waals surface area contributed by atoms with E-state index in [1.54, 1.807) is 0 Å². The van der Waals surface area contributed by atoms with Gasteiger partial charge in [0.1, 0.15) is 0 Å². The molecular formula is C17H22ClN3O. The van der Waals surface area contributed by atoms with Crippen LogP contribution >= 0.6 is 11.6 Å². The molecule has 0 aliphatic rings. The first-order valence-electron chi connectivity index (χ1n) is 7.53. The molecule has 118 valence electrons. The van der Waals surface area contributed by atoms with Crippen molar-refractivity contribution in [2.45, 2.75) is 40.5 Å². The zero-order valence-electron chi connectivity index (χ0n) is 13.5. The van der Waals surface area contributed by atoms with Crippen molar-refractivity contribution in [1.82, 2.24) is 9.78 Å². The van der Waals surface area contributed by atoms with Crippen LogP contribution in [0.1, 0.15) is 40.7 Å². The second-order valence-electron chi connectivity index (χ2n) is 5.47. The number of carbonyl (C=O) groups is 1. The van der Waals surface area contributed by atoms with Gasteiger partial charge in [0.2, 0.25) is 0 Å². The maximum atomic E-state index is 12.4. The van der Waals surface area contributed by atoms with Crippen molar-refractivity contribution >= 4 is 23.2 Å². The van der Waals surface area contributed by atoms with Crippen LogP contribution in [-0.2, 0) is 6.42 Å². The van der Waals surface area contributed by atoms with Crippen molar-refractivity contribution in [1.29, 1.82) is 0 Å². The van der Waals surface area contributed by atoms with Gasteiger partial charge in [0.25, 0.3) is 5.91 Å². The number of hydrogen-bond acceptors (Lipinski definition) is 3. The molecule has 0 aliphatic carbocycles. The number of aryl methyl sites for hydroxylation is 1. The number of halogens is 1. The molecule has 1 N–H and O–H groups in total. The monoisotopic (exact) mass is 319 g/mol. The van der Waals surface area contributed by atoms with Crippen LogP contribution in [0.5, 0.6) is 0 Å². The molecule has 22 heavy (non-hydrogen) atoms. The summed E-state index contributed by atoms with van der Waals surface area (Å²) in [5.41, 5.74) is 4.86. The molecule has 0 saturated heterocycles. The fraction of sp³-hybridized carbons (Fsp3) is 0.412. The Morgan fingerprint density at radius 1 is 1.32 bits per heavy atom. The van der Waals surface area contributed by atoms with E-state index in [4.69, 9.17) is 11.6 Å². The van der Waals surface area contributed by atoms with Gasteiger partial charge >= 0.3 is 0 Å². The van der Waals surface area contributed by atoms with Crippen molar-refractivity contribution in [2.75, 3.05) is 11.9 Å². The summed E-state index contributed by atoms with van der Waals surface area (Å²) in [6.07, 6.45) is 1.99. The molecule has 0 fully saturated rings. The standard InChI is InChI=1S/C17H22ClN3O/c1-5-7-14-12(3)20-21(13(14)4)17(22)10-19-16-9-6-8-15(18)11(16)2/h6,8-9,19H,5,7,10H2,1-4H3. The van der Waals surface area contributed by atoms with E-state index in [2.05, 4.69) is 17.3 Å². The van der Waals surface area contributed by atoms with Crippen LogP contribution < -0.4 is 5.32 Å². The predicted molar refractivity (Wildman–Crippen MR) is 91.0 cm³/mol. The predicted octanol–water partition coefficient (Wildman–Crippen LogP) is 4.17. The van der Waals surface area contributed by atoms with Crippen LogP contribution in [0.15, 0.2) is 18.2 Å². The molecule has 0 radical (unpaired) electrons. The highest BCUT2D eigenvalue weighted by Crippen LogP contribution is 2.22. The molecule has 1 aromatic heterocycles. The molecule has 0 unspecified atom stereocenters. The first-order chi connectivity index (χ1) is 10.5. The third kappa shape index (κ3) is 3.33. The zero-order valence-corrected chi connectivity index (χ0v) is 14.3.